The summed E-state index contributed by atoms with van der Waals surface area (Å²) in [4.78, 5) is 10.3. The van der Waals surface area contributed by atoms with E-state index in [1.807, 2.05) is 0 Å². The number of hydrogen-bond donors (Lipinski definition) is 0. The van der Waals surface area contributed by atoms with E-state index in [-0.39, 0.29) is 45.5 Å². The molecule has 0 aliphatic heterocycles. The minimum Gasteiger partial charge on any atom is -0.493 e. The zero-order chi connectivity index (χ0) is 30.1. The second-order valence-electron chi connectivity index (χ2n) is 8.27. The van der Waals surface area contributed by atoms with Crippen LogP contribution in [0.4, 0.5) is 0 Å². The van der Waals surface area contributed by atoms with E-state index in [0.29, 0.717) is 11.5 Å². The first-order chi connectivity index (χ1) is 19.2. The fourth-order valence-corrected chi connectivity index (χ4v) is 4.86. The second kappa shape index (κ2) is 13.3. The van der Waals surface area contributed by atoms with E-state index < -0.39 is 10.8 Å². The maximum atomic E-state index is 11.1. The molecule has 2 aromatic rings. The van der Waals surface area contributed by atoms with Gasteiger partial charge in [0, 0.05) is 0 Å². The Labute approximate surface area is 234 Å². The molecule has 0 saturated carbocycles. The van der Waals surface area contributed by atoms with Gasteiger partial charge in [-0.05, 0) is 49.2 Å². The van der Waals surface area contributed by atoms with Crippen molar-refractivity contribution in [3.63, 3.8) is 0 Å². The highest BCUT2D eigenvalue weighted by Gasteiger charge is 2.61. The summed E-state index contributed by atoms with van der Waals surface area (Å²) in [6.45, 7) is 3.14. The Hall–Kier alpha value is -4.84. The molecular weight excluding hydrogens is 520 g/mol. The third-order valence-electron chi connectivity index (χ3n) is 6.64. The zero-order valence-corrected chi connectivity index (χ0v) is 24.4. The Morgan fingerprint density at radius 2 is 0.825 bits per heavy atom. The van der Waals surface area contributed by atoms with Crippen molar-refractivity contribution in [3.05, 3.63) is 35.4 Å². The Kier molecular flexibility index (Phi) is 10.4. The van der Waals surface area contributed by atoms with Crippen LogP contribution in [0.3, 0.4) is 0 Å². The average molecular weight is 555 g/mol. The van der Waals surface area contributed by atoms with Gasteiger partial charge in [0.1, 0.15) is 14.2 Å². The lowest BCUT2D eigenvalue weighted by molar-refractivity contribution is 0.206. The smallest absolute Gasteiger partial charge is 0.203 e. The predicted molar refractivity (Wildman–Crippen MR) is 147 cm³/mol. The predicted octanol–water partition coefficient (Wildman–Crippen LogP) is 4.01. The maximum absolute atomic E-state index is 11.1. The van der Waals surface area contributed by atoms with Crippen molar-refractivity contribution in [2.75, 3.05) is 56.9 Å². The summed E-state index contributed by atoms with van der Waals surface area (Å²) in [6.07, 6.45) is 0. The second-order valence-corrected chi connectivity index (χ2v) is 8.27. The molecule has 12 heteroatoms. The van der Waals surface area contributed by atoms with Crippen LogP contribution in [0.5, 0.6) is 34.5 Å². The summed E-state index contributed by atoms with van der Waals surface area (Å²) in [5.41, 5.74) is -3.09. The van der Waals surface area contributed by atoms with Gasteiger partial charge in [-0.3, -0.25) is 0 Å². The highest BCUT2D eigenvalue weighted by atomic mass is 16.6. The first-order valence-corrected chi connectivity index (χ1v) is 11.8. The highest BCUT2D eigenvalue weighted by Crippen LogP contribution is 2.53. The van der Waals surface area contributed by atoms with Crippen molar-refractivity contribution < 1.29 is 38.1 Å². The van der Waals surface area contributed by atoms with E-state index in [1.54, 1.807) is 38.1 Å². The number of rotatable bonds is 13. The van der Waals surface area contributed by atoms with Gasteiger partial charge in [0.15, 0.2) is 33.8 Å². The van der Waals surface area contributed by atoms with E-state index >= 15 is 0 Å². The number of oxime groups is 2. The molecule has 0 heterocycles. The molecule has 0 N–H and O–H groups in total. The van der Waals surface area contributed by atoms with Gasteiger partial charge in [0.05, 0.1) is 66.2 Å². The lowest BCUT2D eigenvalue weighted by Gasteiger charge is -2.42. The van der Waals surface area contributed by atoms with Gasteiger partial charge in [-0.2, -0.15) is 10.5 Å². The van der Waals surface area contributed by atoms with E-state index in [4.69, 9.17) is 38.1 Å². The van der Waals surface area contributed by atoms with E-state index in [0.717, 1.165) is 0 Å². The van der Waals surface area contributed by atoms with Crippen molar-refractivity contribution in [3.8, 4) is 46.6 Å². The Morgan fingerprint density at radius 3 is 1.00 bits per heavy atom. The SMILES string of the molecule is CO/N=C(\C)[C@](C#N)(c1cc(OC)c(OC)c(OC)c1)[C@](C#N)(/C(C)=N/OC)c1cc(OC)c(OC)c(OC)c1. The molecule has 2 rings (SSSR count). The van der Waals surface area contributed by atoms with Crippen molar-refractivity contribution in [2.24, 2.45) is 10.3 Å². The molecule has 0 radical (unpaired) electrons. The van der Waals surface area contributed by atoms with Gasteiger partial charge in [-0.15, -0.1) is 0 Å². The van der Waals surface area contributed by atoms with Crippen molar-refractivity contribution >= 4 is 11.4 Å². The molecule has 0 unspecified atom stereocenters. The van der Waals surface area contributed by atoms with Crippen LogP contribution in [0.1, 0.15) is 25.0 Å². The third kappa shape index (κ3) is 4.84. The van der Waals surface area contributed by atoms with Crippen molar-refractivity contribution in [1.82, 2.24) is 0 Å². The van der Waals surface area contributed by atoms with E-state index in [1.165, 1.54) is 56.9 Å². The Morgan fingerprint density at radius 1 is 0.550 bits per heavy atom. The number of ether oxygens (including phenoxy) is 6. The summed E-state index contributed by atoms with van der Waals surface area (Å²) < 4.78 is 33.3. The Balaban J connectivity index is 3.36. The number of hydrogen-bond acceptors (Lipinski definition) is 12. The number of benzene rings is 2. The summed E-state index contributed by atoms with van der Waals surface area (Å²) in [5.74, 6) is 1.58. The standard InChI is InChI=1S/C28H34N4O8/c1-17(31-39-9)27(15-29,19-11-21(33-3)25(37-7)22(12-19)34-4)28(16-30,18(2)32-40-10)20-13-23(35-5)26(38-8)24(14-20)36-6/h11-14H,1-10H3/b31-17+,32-18+/t27-,28-/m1/s1. The summed E-state index contributed by atoms with van der Waals surface area (Å²) in [6, 6.07) is 11.0. The normalized spacial score (nSPS) is 14.4. The number of methoxy groups -OCH3 is 6. The molecule has 0 amide bonds. The van der Waals surface area contributed by atoms with Gasteiger partial charge in [0.25, 0.3) is 0 Å². The molecule has 0 aromatic heterocycles. The van der Waals surface area contributed by atoms with E-state index in [2.05, 4.69) is 22.4 Å². The lowest BCUT2D eigenvalue weighted by atomic mass is 9.54. The molecule has 0 bridgehead atoms. The molecule has 0 aliphatic carbocycles. The molecule has 0 spiro atoms. The van der Waals surface area contributed by atoms with Gasteiger partial charge >= 0.3 is 0 Å². The summed E-state index contributed by atoms with van der Waals surface area (Å²) in [7, 11) is 11.4. The third-order valence-corrected chi connectivity index (χ3v) is 6.64. The molecule has 12 nitrogen and oxygen atoms in total. The molecule has 2 atom stereocenters. The fourth-order valence-electron chi connectivity index (χ4n) is 4.86. The highest BCUT2D eigenvalue weighted by molar-refractivity contribution is 6.09. The fraction of sp³-hybridized carbons (Fsp3) is 0.429. The van der Waals surface area contributed by atoms with Crippen LogP contribution in [0.15, 0.2) is 34.6 Å². The molecule has 2 aromatic carbocycles. The number of nitrogens with zero attached hydrogens (tertiary/aromatic N) is 4. The summed E-state index contributed by atoms with van der Waals surface area (Å²) >= 11 is 0. The Bertz CT molecular complexity index is 1210. The largest absolute Gasteiger partial charge is 0.493 e. The molecule has 214 valence electrons. The number of nitriles is 2. The maximum Gasteiger partial charge on any atom is 0.203 e. The molecular formula is C28H34N4O8. The van der Waals surface area contributed by atoms with Crippen LogP contribution in [-0.4, -0.2) is 68.3 Å². The topological polar surface area (TPSA) is 146 Å². The quantitative estimate of drug-likeness (QED) is 0.263. The molecule has 0 saturated heterocycles. The van der Waals surface area contributed by atoms with Gasteiger partial charge in [-0.25, -0.2) is 0 Å². The van der Waals surface area contributed by atoms with Crippen LogP contribution in [0, 0.1) is 22.7 Å². The zero-order valence-electron chi connectivity index (χ0n) is 24.4. The lowest BCUT2D eigenvalue weighted by Crippen LogP contribution is -2.56. The first kappa shape index (κ1) is 31.4. The molecule has 40 heavy (non-hydrogen) atoms. The average Bonchev–Trinajstić information content (AvgIpc) is 2.98. The minimum absolute atomic E-state index is 0.118. The van der Waals surface area contributed by atoms with E-state index in [9.17, 15) is 10.5 Å². The van der Waals surface area contributed by atoms with Crippen molar-refractivity contribution in [2.45, 2.75) is 24.7 Å². The van der Waals surface area contributed by atoms with Crippen LogP contribution >= 0.6 is 0 Å². The van der Waals surface area contributed by atoms with Crippen LogP contribution < -0.4 is 28.4 Å². The van der Waals surface area contributed by atoms with Crippen LogP contribution in [0.25, 0.3) is 0 Å². The molecule has 0 fully saturated rings. The monoisotopic (exact) mass is 554 g/mol. The van der Waals surface area contributed by atoms with Gasteiger partial charge in [-0.1, -0.05) is 10.3 Å². The summed E-state index contributed by atoms with van der Waals surface area (Å²) in [5, 5.41) is 30.6. The van der Waals surface area contributed by atoms with Crippen LogP contribution in [0.2, 0.25) is 0 Å². The van der Waals surface area contributed by atoms with Crippen molar-refractivity contribution in [1.29, 1.82) is 10.5 Å². The molecule has 0 aliphatic rings. The van der Waals surface area contributed by atoms with Crippen LogP contribution in [-0.2, 0) is 20.5 Å². The first-order valence-electron chi connectivity index (χ1n) is 11.8. The van der Waals surface area contributed by atoms with Gasteiger partial charge in [0.2, 0.25) is 11.5 Å². The van der Waals surface area contributed by atoms with Gasteiger partial charge < -0.3 is 38.1 Å². The minimum atomic E-state index is -1.93.